The van der Waals surface area contributed by atoms with Gasteiger partial charge in [-0.25, -0.2) is 26.3 Å². The van der Waals surface area contributed by atoms with Crippen LogP contribution in [0.2, 0.25) is 0 Å². The van der Waals surface area contributed by atoms with Gasteiger partial charge in [0, 0.05) is 13.2 Å². The highest BCUT2D eigenvalue weighted by Crippen LogP contribution is 2.20. The third-order valence-corrected chi connectivity index (χ3v) is 5.49. The lowest BCUT2D eigenvalue weighted by atomic mass is 10.1. The zero-order valence-electron chi connectivity index (χ0n) is 11.4. The molecular formula is C13H16F3NO3S. The molecule has 1 N–H and O–H groups in total. The van der Waals surface area contributed by atoms with Crippen LogP contribution in [0.4, 0.5) is 13.2 Å². The topological polar surface area (TPSA) is 55.4 Å². The van der Waals surface area contributed by atoms with Gasteiger partial charge in [0.25, 0.3) is 0 Å². The molecule has 21 heavy (non-hydrogen) atoms. The zero-order chi connectivity index (χ0) is 15.6. The van der Waals surface area contributed by atoms with Gasteiger partial charge >= 0.3 is 0 Å². The minimum atomic E-state index is -3.54. The first-order chi connectivity index (χ1) is 9.81. The Labute approximate surface area is 121 Å². The number of rotatable bonds is 5. The second-order valence-electron chi connectivity index (χ2n) is 4.97. The molecule has 0 unspecified atom stereocenters. The smallest absolute Gasteiger partial charge is 0.217 e. The number of hydrogen-bond acceptors (Lipinski definition) is 3. The summed E-state index contributed by atoms with van der Waals surface area (Å²) in [5.41, 5.74) is 0.185. The maximum atomic E-state index is 13.0. The van der Waals surface area contributed by atoms with Gasteiger partial charge in [-0.15, -0.1) is 0 Å². The fraction of sp³-hybridized carbons (Fsp3) is 0.538. The van der Waals surface area contributed by atoms with Crippen molar-refractivity contribution in [1.82, 2.24) is 4.72 Å². The molecule has 0 bridgehead atoms. The standard InChI is InChI=1S/C13H16F3NO3S/c1-8-12(3-5-20-8)21(18,19)17-4-2-9-6-10(14)13(16)11(15)7-9/h6-8,12,17H,2-5H2,1H3/t8-,12-/m1/s1. The van der Waals surface area contributed by atoms with Gasteiger partial charge < -0.3 is 4.74 Å². The van der Waals surface area contributed by atoms with E-state index in [9.17, 15) is 21.6 Å². The molecular weight excluding hydrogens is 307 g/mol. The maximum absolute atomic E-state index is 13.0. The van der Waals surface area contributed by atoms with E-state index in [-0.39, 0.29) is 24.6 Å². The predicted octanol–water partition coefficient (Wildman–Crippen LogP) is 1.74. The Morgan fingerprint density at radius 1 is 1.29 bits per heavy atom. The van der Waals surface area contributed by atoms with Crippen LogP contribution in [0.3, 0.4) is 0 Å². The SMILES string of the molecule is C[C@H]1OCC[C@H]1S(=O)(=O)NCCc1cc(F)c(F)c(F)c1. The van der Waals surface area contributed by atoms with Crippen LogP contribution in [-0.2, 0) is 21.2 Å². The highest BCUT2D eigenvalue weighted by Gasteiger charge is 2.35. The average molecular weight is 323 g/mol. The number of nitrogens with one attached hydrogen (secondary N) is 1. The number of benzene rings is 1. The molecule has 0 amide bonds. The van der Waals surface area contributed by atoms with Gasteiger partial charge in [-0.1, -0.05) is 0 Å². The molecule has 0 aromatic heterocycles. The molecule has 0 saturated carbocycles. The van der Waals surface area contributed by atoms with E-state index in [1.165, 1.54) is 0 Å². The van der Waals surface area contributed by atoms with E-state index in [4.69, 9.17) is 4.74 Å². The number of hydrogen-bond donors (Lipinski definition) is 1. The third-order valence-electron chi connectivity index (χ3n) is 3.47. The Kier molecular flexibility index (Phi) is 4.90. The monoisotopic (exact) mass is 323 g/mol. The van der Waals surface area contributed by atoms with E-state index >= 15 is 0 Å². The van der Waals surface area contributed by atoms with Gasteiger partial charge in [0.15, 0.2) is 17.5 Å². The minimum Gasteiger partial charge on any atom is -0.377 e. The first-order valence-electron chi connectivity index (χ1n) is 6.55. The van der Waals surface area contributed by atoms with Crippen LogP contribution in [0.1, 0.15) is 18.9 Å². The van der Waals surface area contributed by atoms with E-state index < -0.39 is 32.7 Å². The summed E-state index contributed by atoms with van der Waals surface area (Å²) >= 11 is 0. The van der Waals surface area contributed by atoms with Gasteiger partial charge in [-0.2, -0.15) is 0 Å². The highest BCUT2D eigenvalue weighted by molar-refractivity contribution is 7.90. The van der Waals surface area contributed by atoms with Crippen LogP contribution in [0, 0.1) is 17.5 Å². The number of sulfonamides is 1. The fourth-order valence-electron chi connectivity index (χ4n) is 2.32. The van der Waals surface area contributed by atoms with Crippen molar-refractivity contribution in [1.29, 1.82) is 0 Å². The Morgan fingerprint density at radius 2 is 1.90 bits per heavy atom. The normalized spacial score (nSPS) is 22.7. The summed E-state index contributed by atoms with van der Waals surface area (Å²) in [4.78, 5) is 0. The lowest BCUT2D eigenvalue weighted by Crippen LogP contribution is -2.39. The third kappa shape index (κ3) is 3.75. The van der Waals surface area contributed by atoms with Crippen molar-refractivity contribution in [2.45, 2.75) is 31.1 Å². The summed E-state index contributed by atoms with van der Waals surface area (Å²) < 4.78 is 70.5. The average Bonchev–Trinajstić information content (AvgIpc) is 2.83. The van der Waals surface area contributed by atoms with E-state index in [0.717, 1.165) is 12.1 Å². The lowest BCUT2D eigenvalue weighted by molar-refractivity contribution is 0.126. The second-order valence-corrected chi connectivity index (χ2v) is 6.95. The predicted molar refractivity (Wildman–Crippen MR) is 70.8 cm³/mol. The van der Waals surface area contributed by atoms with Gasteiger partial charge in [-0.3, -0.25) is 0 Å². The van der Waals surface area contributed by atoms with Crippen molar-refractivity contribution in [2.75, 3.05) is 13.2 Å². The fourth-order valence-corrected chi connectivity index (χ4v) is 3.91. The van der Waals surface area contributed by atoms with E-state index in [0.29, 0.717) is 13.0 Å². The quantitative estimate of drug-likeness (QED) is 0.840. The molecule has 2 rings (SSSR count). The first kappa shape index (κ1) is 16.3. The minimum absolute atomic E-state index is 0.0178. The van der Waals surface area contributed by atoms with E-state index in [2.05, 4.69) is 4.72 Å². The largest absolute Gasteiger partial charge is 0.377 e. The van der Waals surface area contributed by atoms with Gasteiger partial charge in [0.2, 0.25) is 10.0 Å². The number of ether oxygens (including phenoxy) is 1. The van der Waals surface area contributed by atoms with Crippen molar-refractivity contribution in [3.8, 4) is 0 Å². The summed E-state index contributed by atoms with van der Waals surface area (Å²) in [5, 5.41) is -0.626. The molecule has 4 nitrogen and oxygen atoms in total. The molecule has 8 heteroatoms. The van der Waals surface area contributed by atoms with Crippen LogP contribution in [-0.4, -0.2) is 32.9 Å². The Balaban J connectivity index is 1.95. The Morgan fingerprint density at radius 3 is 2.43 bits per heavy atom. The number of halogens is 3. The van der Waals surface area contributed by atoms with Gasteiger partial charge in [-0.05, 0) is 37.5 Å². The zero-order valence-corrected chi connectivity index (χ0v) is 12.2. The van der Waals surface area contributed by atoms with Gasteiger partial charge in [0.1, 0.15) is 5.25 Å². The molecule has 118 valence electrons. The van der Waals surface area contributed by atoms with E-state index in [1.54, 1.807) is 6.92 Å². The summed E-state index contributed by atoms with van der Waals surface area (Å²) in [7, 11) is -3.54. The highest BCUT2D eigenvalue weighted by atomic mass is 32.2. The Hall–Kier alpha value is -1.12. The van der Waals surface area contributed by atoms with Crippen molar-refractivity contribution in [3.63, 3.8) is 0 Å². The van der Waals surface area contributed by atoms with Crippen LogP contribution in [0.25, 0.3) is 0 Å². The molecule has 1 aliphatic rings. The molecule has 1 aromatic carbocycles. The maximum Gasteiger partial charge on any atom is 0.217 e. The first-order valence-corrected chi connectivity index (χ1v) is 8.09. The lowest BCUT2D eigenvalue weighted by Gasteiger charge is -2.15. The Bertz CT molecular complexity index is 598. The molecule has 0 spiro atoms. The van der Waals surface area contributed by atoms with Crippen LogP contribution < -0.4 is 4.72 Å². The summed E-state index contributed by atoms with van der Waals surface area (Å²) in [6, 6.07) is 1.71. The summed E-state index contributed by atoms with van der Waals surface area (Å²) in [5.74, 6) is -4.10. The molecule has 0 aliphatic carbocycles. The van der Waals surface area contributed by atoms with Crippen molar-refractivity contribution >= 4 is 10.0 Å². The molecule has 1 saturated heterocycles. The second kappa shape index (κ2) is 6.33. The molecule has 1 heterocycles. The van der Waals surface area contributed by atoms with Crippen molar-refractivity contribution < 1.29 is 26.3 Å². The van der Waals surface area contributed by atoms with Gasteiger partial charge in [0.05, 0.1) is 6.10 Å². The molecule has 1 fully saturated rings. The molecule has 1 aliphatic heterocycles. The van der Waals surface area contributed by atoms with Crippen molar-refractivity contribution in [3.05, 3.63) is 35.1 Å². The molecule has 0 radical (unpaired) electrons. The van der Waals surface area contributed by atoms with Crippen LogP contribution in [0.5, 0.6) is 0 Å². The summed E-state index contributed by atoms with van der Waals surface area (Å²) in [6.07, 6.45) is 0.0919. The van der Waals surface area contributed by atoms with Crippen molar-refractivity contribution in [2.24, 2.45) is 0 Å². The van der Waals surface area contributed by atoms with Crippen LogP contribution >= 0.6 is 0 Å². The van der Waals surface area contributed by atoms with Crippen LogP contribution in [0.15, 0.2) is 12.1 Å². The molecule has 1 aromatic rings. The van der Waals surface area contributed by atoms with E-state index in [1.807, 2.05) is 0 Å². The molecule has 2 atom stereocenters. The summed E-state index contributed by atoms with van der Waals surface area (Å²) in [6.45, 7) is 2.05.